The van der Waals surface area contributed by atoms with E-state index in [9.17, 15) is 9.59 Å². The van der Waals surface area contributed by atoms with E-state index < -0.39 is 0 Å². The van der Waals surface area contributed by atoms with Gasteiger partial charge in [0, 0.05) is 35.9 Å². The number of nitrogens with one attached hydrogen (secondary N) is 1. The van der Waals surface area contributed by atoms with Crippen LogP contribution in [-0.4, -0.2) is 44.9 Å². The highest BCUT2D eigenvalue weighted by Gasteiger charge is 2.17. The van der Waals surface area contributed by atoms with Gasteiger partial charge in [-0.3, -0.25) is 9.59 Å². The van der Waals surface area contributed by atoms with Gasteiger partial charge >= 0.3 is 0 Å². The fourth-order valence-electron chi connectivity index (χ4n) is 3.79. The Labute approximate surface area is 180 Å². The smallest absolute Gasteiger partial charge is 0.243 e. The summed E-state index contributed by atoms with van der Waals surface area (Å²) in [7, 11) is 1.65. The van der Waals surface area contributed by atoms with Crippen LogP contribution in [0.3, 0.4) is 0 Å². The van der Waals surface area contributed by atoms with Crippen LogP contribution in [0.25, 0.3) is 16.6 Å². The second-order valence-electron chi connectivity index (χ2n) is 7.68. The molecule has 0 aliphatic heterocycles. The number of carbonyl (C=O) groups excluding carboxylic acids is 2. The normalized spacial score (nSPS) is 11.1. The number of aryl methyl sites for hydroxylation is 2. The maximum Gasteiger partial charge on any atom is 0.243 e. The monoisotopic (exact) mass is 415 g/mol. The lowest BCUT2D eigenvalue weighted by Gasteiger charge is -2.18. The molecule has 1 N–H and O–H groups in total. The molecule has 31 heavy (non-hydrogen) atoms. The van der Waals surface area contributed by atoms with Crippen molar-refractivity contribution in [2.45, 2.75) is 26.7 Å². The van der Waals surface area contributed by atoms with E-state index in [4.69, 9.17) is 4.98 Å². The third-order valence-electron chi connectivity index (χ3n) is 5.47. The van der Waals surface area contributed by atoms with Crippen molar-refractivity contribution in [3.63, 3.8) is 0 Å². The first-order valence-electron chi connectivity index (χ1n) is 10.3. The molecule has 0 fully saturated rings. The van der Waals surface area contributed by atoms with Crippen LogP contribution in [0.4, 0.5) is 5.69 Å². The zero-order valence-corrected chi connectivity index (χ0v) is 17.9. The number of likely N-dealkylation sites (N-methyl/N-ethyl adjacent to an activating group) is 1. The minimum Gasteiger partial charge on any atom is -0.336 e. The number of nitrogens with zero attached hydrogens (tertiary/aromatic N) is 4. The molecular formula is C24H25N5O2. The van der Waals surface area contributed by atoms with Gasteiger partial charge in [-0.1, -0.05) is 30.3 Å². The average molecular weight is 415 g/mol. The number of para-hydroxylation sites is 1. The molecule has 0 saturated carbocycles. The minimum absolute atomic E-state index is 0.00746. The fraction of sp³-hybridized carbons (Fsp3) is 0.250. The predicted octanol–water partition coefficient (Wildman–Crippen LogP) is 3.53. The second kappa shape index (κ2) is 8.55. The number of anilines is 1. The van der Waals surface area contributed by atoms with Gasteiger partial charge in [-0.2, -0.15) is 5.10 Å². The zero-order chi connectivity index (χ0) is 22.0. The summed E-state index contributed by atoms with van der Waals surface area (Å²) < 4.78 is 1.86. The third kappa shape index (κ3) is 4.26. The van der Waals surface area contributed by atoms with E-state index in [1.807, 2.05) is 73.0 Å². The number of carbonyl (C=O) groups is 2. The topological polar surface area (TPSA) is 79.6 Å². The van der Waals surface area contributed by atoms with Gasteiger partial charge in [-0.15, -0.1) is 0 Å². The summed E-state index contributed by atoms with van der Waals surface area (Å²) in [5.41, 5.74) is 5.33. The summed E-state index contributed by atoms with van der Waals surface area (Å²) in [6, 6.07) is 17.1. The molecule has 0 radical (unpaired) electrons. The number of rotatable bonds is 6. The van der Waals surface area contributed by atoms with Crippen molar-refractivity contribution in [3.8, 4) is 0 Å². The van der Waals surface area contributed by atoms with E-state index in [1.165, 1.54) is 4.90 Å². The van der Waals surface area contributed by atoms with Gasteiger partial charge in [-0.05, 0) is 50.1 Å². The quantitative estimate of drug-likeness (QED) is 0.522. The van der Waals surface area contributed by atoms with Crippen LogP contribution in [0.5, 0.6) is 0 Å². The van der Waals surface area contributed by atoms with E-state index in [0.717, 1.165) is 33.5 Å². The first-order valence-corrected chi connectivity index (χ1v) is 10.3. The Balaban J connectivity index is 1.44. The van der Waals surface area contributed by atoms with Gasteiger partial charge in [0.2, 0.25) is 11.8 Å². The molecule has 0 unspecified atom stereocenters. The van der Waals surface area contributed by atoms with Gasteiger partial charge in [0.15, 0.2) is 5.65 Å². The maximum absolute atomic E-state index is 12.6. The van der Waals surface area contributed by atoms with Crippen LogP contribution >= 0.6 is 0 Å². The minimum atomic E-state index is -0.222. The van der Waals surface area contributed by atoms with E-state index in [1.54, 1.807) is 7.05 Å². The molecule has 4 rings (SSSR count). The zero-order valence-electron chi connectivity index (χ0n) is 17.9. The lowest BCUT2D eigenvalue weighted by Crippen LogP contribution is -2.35. The molecule has 2 aromatic carbocycles. The van der Waals surface area contributed by atoms with Crippen molar-refractivity contribution < 1.29 is 9.59 Å². The van der Waals surface area contributed by atoms with Gasteiger partial charge in [0.25, 0.3) is 0 Å². The molecule has 4 aromatic rings. The Bertz CT molecular complexity index is 1260. The highest BCUT2D eigenvalue weighted by Crippen LogP contribution is 2.23. The number of hydrogen-bond acceptors (Lipinski definition) is 4. The molecule has 0 aliphatic rings. The summed E-state index contributed by atoms with van der Waals surface area (Å²) in [6.07, 6.45) is 0.838. The number of amides is 2. The Hall–Kier alpha value is -3.74. The second-order valence-corrected chi connectivity index (χ2v) is 7.68. The van der Waals surface area contributed by atoms with E-state index in [2.05, 4.69) is 10.4 Å². The summed E-state index contributed by atoms with van der Waals surface area (Å²) >= 11 is 0. The predicted molar refractivity (Wildman–Crippen MR) is 121 cm³/mol. The highest BCUT2D eigenvalue weighted by atomic mass is 16.2. The molecule has 158 valence electrons. The Morgan fingerprint density at radius 2 is 1.74 bits per heavy atom. The summed E-state index contributed by atoms with van der Waals surface area (Å²) in [4.78, 5) is 31.1. The van der Waals surface area contributed by atoms with Crippen LogP contribution in [0.15, 0.2) is 54.6 Å². The SMILES string of the molecule is Cc1nc2c3ccccc3nn2c(C)c1CCC(=O)N(C)CC(=O)Nc1ccccc1. The molecule has 0 spiro atoms. The molecular weight excluding hydrogens is 390 g/mol. The van der Waals surface area contributed by atoms with Gasteiger partial charge in [-0.25, -0.2) is 9.50 Å². The average Bonchev–Trinajstić information content (AvgIpc) is 3.13. The van der Waals surface area contributed by atoms with Gasteiger partial charge < -0.3 is 10.2 Å². The molecule has 2 aromatic heterocycles. The van der Waals surface area contributed by atoms with Crippen LogP contribution in [0.1, 0.15) is 23.4 Å². The van der Waals surface area contributed by atoms with E-state index in [0.29, 0.717) is 18.5 Å². The number of hydrogen-bond donors (Lipinski definition) is 1. The lowest BCUT2D eigenvalue weighted by atomic mass is 10.1. The number of aromatic nitrogens is 3. The van der Waals surface area contributed by atoms with Crippen LogP contribution < -0.4 is 5.32 Å². The first kappa shape index (κ1) is 20.5. The van der Waals surface area contributed by atoms with Crippen molar-refractivity contribution in [3.05, 3.63) is 71.5 Å². The molecule has 0 atom stereocenters. The summed E-state index contributed by atoms with van der Waals surface area (Å²) in [5, 5.41) is 8.48. The Morgan fingerprint density at radius 1 is 1.03 bits per heavy atom. The van der Waals surface area contributed by atoms with E-state index >= 15 is 0 Å². The van der Waals surface area contributed by atoms with Gasteiger partial charge in [0.1, 0.15) is 0 Å². The van der Waals surface area contributed by atoms with Crippen molar-refractivity contribution in [2.24, 2.45) is 0 Å². The summed E-state index contributed by atoms with van der Waals surface area (Å²) in [5.74, 6) is -0.312. The van der Waals surface area contributed by atoms with Crippen molar-refractivity contribution >= 4 is 34.1 Å². The first-order chi connectivity index (χ1) is 14.9. The van der Waals surface area contributed by atoms with Crippen molar-refractivity contribution in [2.75, 3.05) is 18.9 Å². The lowest BCUT2D eigenvalue weighted by molar-refractivity contribution is -0.133. The highest BCUT2D eigenvalue weighted by molar-refractivity contribution is 5.94. The van der Waals surface area contributed by atoms with E-state index in [-0.39, 0.29) is 18.4 Å². The summed E-state index contributed by atoms with van der Waals surface area (Å²) in [6.45, 7) is 3.98. The third-order valence-corrected chi connectivity index (χ3v) is 5.47. The van der Waals surface area contributed by atoms with Crippen LogP contribution in [0, 0.1) is 13.8 Å². The molecule has 2 heterocycles. The van der Waals surface area contributed by atoms with Crippen molar-refractivity contribution in [1.82, 2.24) is 19.5 Å². The maximum atomic E-state index is 12.6. The fourth-order valence-corrected chi connectivity index (χ4v) is 3.79. The van der Waals surface area contributed by atoms with Crippen LogP contribution in [-0.2, 0) is 16.0 Å². The van der Waals surface area contributed by atoms with Gasteiger partial charge in [0.05, 0.1) is 12.1 Å². The molecule has 0 aliphatic carbocycles. The molecule has 2 amide bonds. The van der Waals surface area contributed by atoms with Crippen molar-refractivity contribution in [1.29, 1.82) is 0 Å². The molecule has 0 bridgehead atoms. The number of benzene rings is 2. The largest absolute Gasteiger partial charge is 0.336 e. The Kier molecular flexibility index (Phi) is 5.66. The Morgan fingerprint density at radius 3 is 2.52 bits per heavy atom. The van der Waals surface area contributed by atoms with Crippen LogP contribution in [0.2, 0.25) is 0 Å². The number of fused-ring (bicyclic) bond motifs is 3. The molecule has 7 heteroatoms. The molecule has 7 nitrogen and oxygen atoms in total. The standard InChI is InChI=1S/C24H25N5O2/c1-16-19(17(2)29-24(25-16)20-11-7-8-12-21(20)27-29)13-14-23(31)28(3)15-22(30)26-18-9-5-4-6-10-18/h4-12H,13-15H2,1-3H3,(H,26,30). The molecule has 0 saturated heterocycles.